The number of aromatic nitrogens is 2. The van der Waals surface area contributed by atoms with E-state index in [0.29, 0.717) is 0 Å². The number of rotatable bonds is 2. The first-order valence-electron chi connectivity index (χ1n) is 6.34. The molecule has 1 aliphatic rings. The van der Waals surface area contributed by atoms with Crippen LogP contribution in [0.1, 0.15) is 24.2 Å². The molecule has 0 saturated carbocycles. The van der Waals surface area contributed by atoms with Crippen LogP contribution in [0.2, 0.25) is 0 Å². The SMILES string of the molecule is Cc1cccc2nc(CC3CCSCC3)cn12. The van der Waals surface area contributed by atoms with Crippen LogP contribution in [-0.4, -0.2) is 20.9 Å². The van der Waals surface area contributed by atoms with E-state index in [9.17, 15) is 0 Å². The van der Waals surface area contributed by atoms with Crippen LogP contribution in [0.15, 0.2) is 24.4 Å². The second-order valence-electron chi connectivity index (χ2n) is 4.89. The Kier molecular flexibility index (Phi) is 3.10. The first-order valence-corrected chi connectivity index (χ1v) is 7.50. The Morgan fingerprint density at radius 2 is 2.18 bits per heavy atom. The molecule has 1 aliphatic heterocycles. The Morgan fingerprint density at radius 1 is 1.35 bits per heavy atom. The van der Waals surface area contributed by atoms with E-state index in [2.05, 4.69) is 47.5 Å². The van der Waals surface area contributed by atoms with Crippen molar-refractivity contribution < 1.29 is 0 Å². The summed E-state index contributed by atoms with van der Waals surface area (Å²) in [6.07, 6.45) is 6.09. The Morgan fingerprint density at radius 3 is 2.94 bits per heavy atom. The maximum absolute atomic E-state index is 4.72. The molecule has 0 aromatic carbocycles. The summed E-state index contributed by atoms with van der Waals surface area (Å²) in [5.41, 5.74) is 3.61. The van der Waals surface area contributed by atoms with Crippen LogP contribution in [0.5, 0.6) is 0 Å². The quantitative estimate of drug-likeness (QED) is 0.808. The average molecular weight is 246 g/mol. The standard InChI is InChI=1S/C14H18N2S/c1-11-3-2-4-14-15-13(10-16(11)14)9-12-5-7-17-8-6-12/h2-4,10,12H,5-9H2,1H3. The van der Waals surface area contributed by atoms with Crippen LogP contribution in [-0.2, 0) is 6.42 Å². The minimum Gasteiger partial charge on any atom is -0.304 e. The summed E-state index contributed by atoms with van der Waals surface area (Å²) in [4.78, 5) is 4.72. The molecule has 0 N–H and O–H groups in total. The normalized spacial score (nSPS) is 17.7. The molecule has 3 heteroatoms. The predicted molar refractivity (Wildman–Crippen MR) is 73.7 cm³/mol. The number of hydrogen-bond donors (Lipinski definition) is 0. The number of hydrogen-bond acceptors (Lipinski definition) is 2. The minimum atomic E-state index is 0.849. The van der Waals surface area contributed by atoms with Crippen LogP contribution in [0.25, 0.3) is 5.65 Å². The van der Waals surface area contributed by atoms with E-state index in [4.69, 9.17) is 4.98 Å². The molecule has 2 nitrogen and oxygen atoms in total. The van der Waals surface area contributed by atoms with E-state index in [1.807, 2.05) is 0 Å². The van der Waals surface area contributed by atoms with E-state index in [1.54, 1.807) is 0 Å². The fraction of sp³-hybridized carbons (Fsp3) is 0.500. The lowest BCUT2D eigenvalue weighted by molar-refractivity contribution is 0.483. The second-order valence-corrected chi connectivity index (χ2v) is 6.11. The third kappa shape index (κ3) is 2.34. The van der Waals surface area contributed by atoms with Crippen LogP contribution in [0.4, 0.5) is 0 Å². The highest BCUT2D eigenvalue weighted by molar-refractivity contribution is 7.99. The van der Waals surface area contributed by atoms with Crippen molar-refractivity contribution in [1.29, 1.82) is 0 Å². The van der Waals surface area contributed by atoms with Crippen LogP contribution in [0, 0.1) is 12.8 Å². The summed E-state index contributed by atoms with van der Waals surface area (Å²) < 4.78 is 2.20. The van der Waals surface area contributed by atoms with Crippen LogP contribution < -0.4 is 0 Å². The van der Waals surface area contributed by atoms with Crippen molar-refractivity contribution in [3.63, 3.8) is 0 Å². The smallest absolute Gasteiger partial charge is 0.137 e. The summed E-state index contributed by atoms with van der Waals surface area (Å²) in [6, 6.07) is 6.31. The summed E-state index contributed by atoms with van der Waals surface area (Å²) in [6.45, 7) is 2.13. The molecule has 90 valence electrons. The van der Waals surface area contributed by atoms with Crippen molar-refractivity contribution in [3.8, 4) is 0 Å². The van der Waals surface area contributed by atoms with E-state index < -0.39 is 0 Å². The molecule has 1 saturated heterocycles. The highest BCUT2D eigenvalue weighted by Crippen LogP contribution is 2.25. The van der Waals surface area contributed by atoms with Crippen molar-refractivity contribution in [1.82, 2.24) is 9.38 Å². The Labute approximate surface area is 106 Å². The van der Waals surface area contributed by atoms with Gasteiger partial charge in [-0.2, -0.15) is 11.8 Å². The lowest BCUT2D eigenvalue weighted by Gasteiger charge is -2.19. The number of thioether (sulfide) groups is 1. The van der Waals surface area contributed by atoms with Gasteiger partial charge in [-0.25, -0.2) is 4.98 Å². The second kappa shape index (κ2) is 4.73. The maximum Gasteiger partial charge on any atom is 0.137 e. The summed E-state index contributed by atoms with van der Waals surface area (Å²) in [5.74, 6) is 3.51. The molecule has 0 atom stereocenters. The molecule has 3 rings (SSSR count). The van der Waals surface area contributed by atoms with Gasteiger partial charge in [0.05, 0.1) is 5.69 Å². The molecule has 0 unspecified atom stereocenters. The molecule has 17 heavy (non-hydrogen) atoms. The molecule has 0 amide bonds. The topological polar surface area (TPSA) is 17.3 Å². The molecule has 0 spiro atoms. The number of pyridine rings is 1. The fourth-order valence-corrected chi connectivity index (χ4v) is 3.75. The van der Waals surface area contributed by atoms with Gasteiger partial charge in [-0.05, 0) is 55.7 Å². The zero-order valence-electron chi connectivity index (χ0n) is 10.2. The Hall–Kier alpha value is -0.960. The molecular weight excluding hydrogens is 228 g/mol. The Balaban J connectivity index is 1.83. The van der Waals surface area contributed by atoms with Gasteiger partial charge in [0.25, 0.3) is 0 Å². The van der Waals surface area contributed by atoms with E-state index >= 15 is 0 Å². The molecule has 0 radical (unpaired) electrons. The van der Waals surface area contributed by atoms with E-state index in [-0.39, 0.29) is 0 Å². The number of aryl methyl sites for hydroxylation is 1. The summed E-state index contributed by atoms with van der Waals surface area (Å²) in [5, 5.41) is 0. The number of imidazole rings is 1. The van der Waals surface area contributed by atoms with Crippen molar-refractivity contribution in [3.05, 3.63) is 35.8 Å². The van der Waals surface area contributed by atoms with Gasteiger partial charge in [-0.3, -0.25) is 0 Å². The van der Waals surface area contributed by atoms with Crippen molar-refractivity contribution in [2.75, 3.05) is 11.5 Å². The fourth-order valence-electron chi connectivity index (χ4n) is 2.54. The van der Waals surface area contributed by atoms with E-state index in [0.717, 1.165) is 18.0 Å². The van der Waals surface area contributed by atoms with Crippen LogP contribution in [0.3, 0.4) is 0 Å². The maximum atomic E-state index is 4.72. The van der Waals surface area contributed by atoms with Gasteiger partial charge in [0, 0.05) is 11.9 Å². The van der Waals surface area contributed by atoms with Gasteiger partial charge < -0.3 is 4.40 Å². The number of nitrogens with zero attached hydrogens (tertiary/aromatic N) is 2. The molecule has 0 bridgehead atoms. The zero-order chi connectivity index (χ0) is 11.7. The highest BCUT2D eigenvalue weighted by Gasteiger charge is 2.15. The average Bonchev–Trinajstić information content (AvgIpc) is 2.74. The van der Waals surface area contributed by atoms with Gasteiger partial charge in [-0.1, -0.05) is 6.07 Å². The lowest BCUT2D eigenvalue weighted by Crippen LogP contribution is -2.12. The summed E-state index contributed by atoms with van der Waals surface area (Å²) >= 11 is 2.09. The van der Waals surface area contributed by atoms with Gasteiger partial charge in [0.1, 0.15) is 5.65 Å². The molecule has 2 aromatic heterocycles. The third-order valence-electron chi connectivity index (χ3n) is 3.58. The third-order valence-corrected chi connectivity index (χ3v) is 4.63. The van der Waals surface area contributed by atoms with Gasteiger partial charge in [0.15, 0.2) is 0 Å². The Bertz CT molecular complexity index is 512. The van der Waals surface area contributed by atoms with Gasteiger partial charge in [-0.15, -0.1) is 0 Å². The van der Waals surface area contributed by atoms with E-state index in [1.165, 1.54) is 35.7 Å². The predicted octanol–water partition coefficient (Wildman–Crippen LogP) is 3.33. The monoisotopic (exact) mass is 246 g/mol. The minimum absolute atomic E-state index is 0.849. The molecule has 0 aliphatic carbocycles. The van der Waals surface area contributed by atoms with Crippen molar-refractivity contribution in [2.45, 2.75) is 26.2 Å². The van der Waals surface area contributed by atoms with Crippen molar-refractivity contribution >= 4 is 17.4 Å². The summed E-state index contributed by atoms with van der Waals surface area (Å²) in [7, 11) is 0. The number of fused-ring (bicyclic) bond motifs is 1. The lowest BCUT2D eigenvalue weighted by atomic mass is 9.97. The zero-order valence-corrected chi connectivity index (χ0v) is 11.0. The van der Waals surface area contributed by atoms with Gasteiger partial charge >= 0.3 is 0 Å². The van der Waals surface area contributed by atoms with Crippen LogP contribution >= 0.6 is 11.8 Å². The first-order chi connectivity index (χ1) is 8.33. The highest BCUT2D eigenvalue weighted by atomic mass is 32.2. The molecule has 3 heterocycles. The first kappa shape index (κ1) is 11.1. The largest absolute Gasteiger partial charge is 0.304 e. The molecule has 1 fully saturated rings. The molecular formula is C14H18N2S. The van der Waals surface area contributed by atoms with Gasteiger partial charge in [0.2, 0.25) is 0 Å². The van der Waals surface area contributed by atoms with Crippen molar-refractivity contribution in [2.24, 2.45) is 5.92 Å². The molecule has 2 aromatic rings.